The van der Waals surface area contributed by atoms with Gasteiger partial charge in [-0.05, 0) is 42.2 Å². The molecule has 0 fully saturated rings. The van der Waals surface area contributed by atoms with E-state index in [-0.39, 0.29) is 11.5 Å². The van der Waals surface area contributed by atoms with Crippen LogP contribution in [-0.4, -0.2) is 27.2 Å². The van der Waals surface area contributed by atoms with Gasteiger partial charge in [-0.2, -0.15) is 0 Å². The number of hydrogen-bond acceptors (Lipinski definition) is 4. The fraction of sp³-hybridized carbons (Fsp3) is 0.364. The Morgan fingerprint density at radius 3 is 2.52 bits per heavy atom. The first-order chi connectivity index (χ1) is 12.9. The Morgan fingerprint density at radius 2 is 1.85 bits per heavy atom. The van der Waals surface area contributed by atoms with Crippen molar-refractivity contribution in [1.29, 1.82) is 0 Å². The van der Waals surface area contributed by atoms with E-state index in [1.165, 1.54) is 5.56 Å². The molecule has 1 atom stereocenters. The van der Waals surface area contributed by atoms with Gasteiger partial charge in [0.25, 0.3) is 6.01 Å². The standard InChI is InChI=1S/C22H25N3O2/c1-15-5-6-16(11-23-15)20-12-24-21-25(20)13-19(27-21)14-26-18-9-7-17(8-10-18)22(2,3)4/h5-12,19H,13-14H2,1-4H3/t19-/m0/s1. The summed E-state index contributed by atoms with van der Waals surface area (Å²) in [6.07, 6.45) is 3.66. The molecular weight excluding hydrogens is 338 g/mol. The number of aryl methyl sites for hydroxylation is 1. The number of fused-ring (bicyclic) bond motifs is 1. The maximum atomic E-state index is 5.94. The number of rotatable bonds is 4. The molecule has 0 spiro atoms. The molecule has 3 aromatic rings. The molecule has 5 heteroatoms. The Hall–Kier alpha value is -2.82. The third kappa shape index (κ3) is 3.68. The molecule has 3 heterocycles. The highest BCUT2D eigenvalue weighted by Gasteiger charge is 2.27. The highest BCUT2D eigenvalue weighted by atomic mass is 16.6. The molecule has 0 aliphatic carbocycles. The van der Waals surface area contributed by atoms with Crippen LogP contribution in [0.1, 0.15) is 32.0 Å². The SMILES string of the molecule is Cc1ccc(-c2cnc3n2C[C@@H](COc2ccc(C(C)(C)C)cc2)O3)cn1. The molecule has 0 unspecified atom stereocenters. The second kappa shape index (κ2) is 6.72. The van der Waals surface area contributed by atoms with Gasteiger partial charge in [-0.15, -0.1) is 0 Å². The number of benzene rings is 1. The topological polar surface area (TPSA) is 49.2 Å². The fourth-order valence-electron chi connectivity index (χ4n) is 3.20. The van der Waals surface area contributed by atoms with Crippen molar-refractivity contribution in [1.82, 2.24) is 14.5 Å². The van der Waals surface area contributed by atoms with Crippen molar-refractivity contribution in [3.05, 3.63) is 60.0 Å². The van der Waals surface area contributed by atoms with Crippen LogP contribution in [0.4, 0.5) is 0 Å². The van der Waals surface area contributed by atoms with Gasteiger partial charge in [0.05, 0.1) is 18.4 Å². The zero-order valence-electron chi connectivity index (χ0n) is 16.3. The van der Waals surface area contributed by atoms with Crippen molar-refractivity contribution in [2.45, 2.75) is 45.8 Å². The van der Waals surface area contributed by atoms with Crippen LogP contribution in [0.15, 0.2) is 48.8 Å². The lowest BCUT2D eigenvalue weighted by molar-refractivity contribution is 0.143. The molecule has 140 valence electrons. The highest BCUT2D eigenvalue weighted by Crippen LogP contribution is 2.30. The van der Waals surface area contributed by atoms with Gasteiger partial charge in [0.2, 0.25) is 0 Å². The molecule has 0 radical (unpaired) electrons. The van der Waals surface area contributed by atoms with Gasteiger partial charge in [0.15, 0.2) is 6.10 Å². The van der Waals surface area contributed by atoms with Gasteiger partial charge in [-0.25, -0.2) is 4.98 Å². The largest absolute Gasteiger partial charge is 0.490 e. The fourth-order valence-corrected chi connectivity index (χ4v) is 3.20. The van der Waals surface area contributed by atoms with Crippen molar-refractivity contribution in [2.75, 3.05) is 6.61 Å². The number of pyridine rings is 1. The Kier molecular flexibility index (Phi) is 4.38. The van der Waals surface area contributed by atoms with E-state index in [4.69, 9.17) is 9.47 Å². The van der Waals surface area contributed by atoms with E-state index in [2.05, 4.69) is 53.5 Å². The molecule has 0 N–H and O–H groups in total. The van der Waals surface area contributed by atoms with Crippen LogP contribution in [0.25, 0.3) is 11.3 Å². The van der Waals surface area contributed by atoms with Crippen molar-refractivity contribution in [3.63, 3.8) is 0 Å². The predicted molar refractivity (Wildman–Crippen MR) is 105 cm³/mol. The molecule has 2 aromatic heterocycles. The molecule has 0 bridgehead atoms. The van der Waals surface area contributed by atoms with Gasteiger partial charge in [0.1, 0.15) is 12.4 Å². The second-order valence-electron chi connectivity index (χ2n) is 8.05. The van der Waals surface area contributed by atoms with E-state index in [0.29, 0.717) is 12.6 Å². The van der Waals surface area contributed by atoms with Crippen molar-refractivity contribution in [2.24, 2.45) is 0 Å². The molecule has 0 saturated heterocycles. The number of imidazole rings is 1. The van der Waals surface area contributed by atoms with Crippen LogP contribution in [0, 0.1) is 6.92 Å². The molecule has 1 aliphatic rings. The number of ether oxygens (including phenoxy) is 2. The van der Waals surface area contributed by atoms with Gasteiger partial charge in [-0.3, -0.25) is 9.55 Å². The monoisotopic (exact) mass is 363 g/mol. The predicted octanol–water partition coefficient (Wildman–Crippen LogP) is 4.39. The second-order valence-corrected chi connectivity index (χ2v) is 8.05. The van der Waals surface area contributed by atoms with E-state index in [1.54, 1.807) is 0 Å². The quantitative estimate of drug-likeness (QED) is 0.690. The minimum atomic E-state index is -0.0480. The van der Waals surface area contributed by atoms with Gasteiger partial charge in [-0.1, -0.05) is 32.9 Å². The first-order valence-corrected chi connectivity index (χ1v) is 9.29. The minimum Gasteiger partial charge on any atom is -0.490 e. The summed E-state index contributed by atoms with van der Waals surface area (Å²) in [5, 5.41) is 0. The lowest BCUT2D eigenvalue weighted by Gasteiger charge is -2.19. The van der Waals surface area contributed by atoms with Crippen molar-refractivity contribution >= 4 is 0 Å². The Bertz CT molecular complexity index is 922. The summed E-state index contributed by atoms with van der Waals surface area (Å²) in [5.41, 5.74) is 4.50. The lowest BCUT2D eigenvalue weighted by atomic mass is 9.87. The molecule has 4 rings (SSSR count). The Morgan fingerprint density at radius 1 is 1.07 bits per heavy atom. The maximum Gasteiger partial charge on any atom is 0.297 e. The smallest absolute Gasteiger partial charge is 0.297 e. The van der Waals surface area contributed by atoms with Crippen LogP contribution in [-0.2, 0) is 12.0 Å². The third-order valence-electron chi connectivity index (χ3n) is 4.84. The van der Waals surface area contributed by atoms with E-state index in [1.807, 2.05) is 37.5 Å². The molecule has 0 saturated carbocycles. The molecule has 5 nitrogen and oxygen atoms in total. The van der Waals surface area contributed by atoms with Crippen molar-refractivity contribution < 1.29 is 9.47 Å². The van der Waals surface area contributed by atoms with Gasteiger partial charge < -0.3 is 9.47 Å². The highest BCUT2D eigenvalue weighted by molar-refractivity contribution is 5.59. The zero-order chi connectivity index (χ0) is 19.0. The number of nitrogens with zero attached hydrogens (tertiary/aromatic N) is 3. The summed E-state index contributed by atoms with van der Waals surface area (Å²) < 4.78 is 14.0. The van der Waals surface area contributed by atoms with Crippen LogP contribution >= 0.6 is 0 Å². The summed E-state index contributed by atoms with van der Waals surface area (Å²) in [5.74, 6) is 0.860. The van der Waals surface area contributed by atoms with Crippen LogP contribution in [0.3, 0.4) is 0 Å². The van der Waals surface area contributed by atoms with Gasteiger partial charge in [0, 0.05) is 17.5 Å². The summed E-state index contributed by atoms with van der Waals surface area (Å²) >= 11 is 0. The van der Waals surface area contributed by atoms with Crippen LogP contribution in [0.5, 0.6) is 11.8 Å². The Labute approximate surface area is 160 Å². The summed E-state index contributed by atoms with van der Waals surface area (Å²) in [6, 6.07) is 13.0. The first-order valence-electron chi connectivity index (χ1n) is 9.29. The van der Waals surface area contributed by atoms with Gasteiger partial charge >= 0.3 is 0 Å². The summed E-state index contributed by atoms with van der Waals surface area (Å²) in [4.78, 5) is 8.77. The average Bonchev–Trinajstić information content (AvgIpc) is 3.21. The number of hydrogen-bond donors (Lipinski definition) is 0. The normalized spacial score (nSPS) is 16.1. The summed E-state index contributed by atoms with van der Waals surface area (Å²) in [7, 11) is 0. The maximum absolute atomic E-state index is 5.94. The molecular formula is C22H25N3O2. The first kappa shape index (κ1) is 17.6. The van der Waals surface area contributed by atoms with E-state index in [0.717, 1.165) is 29.2 Å². The third-order valence-corrected chi connectivity index (χ3v) is 4.84. The van der Waals surface area contributed by atoms with Crippen molar-refractivity contribution in [3.8, 4) is 23.0 Å². The summed E-state index contributed by atoms with van der Waals surface area (Å²) in [6.45, 7) is 9.81. The van der Waals surface area contributed by atoms with E-state index >= 15 is 0 Å². The minimum absolute atomic E-state index is 0.0480. The molecule has 1 aliphatic heterocycles. The Balaban J connectivity index is 1.40. The average molecular weight is 363 g/mol. The molecule has 0 amide bonds. The zero-order valence-corrected chi connectivity index (χ0v) is 16.3. The molecule has 1 aromatic carbocycles. The lowest BCUT2D eigenvalue weighted by Crippen LogP contribution is -2.23. The molecule has 27 heavy (non-hydrogen) atoms. The van der Waals surface area contributed by atoms with Crippen LogP contribution in [0.2, 0.25) is 0 Å². The van der Waals surface area contributed by atoms with Crippen LogP contribution < -0.4 is 9.47 Å². The number of aromatic nitrogens is 3. The van der Waals surface area contributed by atoms with E-state index < -0.39 is 0 Å². The van der Waals surface area contributed by atoms with E-state index in [9.17, 15) is 0 Å².